The molecule has 1 aliphatic carbocycles. The molecule has 0 spiro atoms. The van der Waals surface area contributed by atoms with Crippen LogP contribution in [0.5, 0.6) is 0 Å². The first kappa shape index (κ1) is 16.2. The van der Waals surface area contributed by atoms with Gasteiger partial charge in [-0.15, -0.1) is 0 Å². The fourth-order valence-corrected chi connectivity index (χ4v) is 2.41. The van der Waals surface area contributed by atoms with Gasteiger partial charge in [0.05, 0.1) is 0 Å². The Labute approximate surface area is 102 Å². The van der Waals surface area contributed by atoms with Crippen LogP contribution in [-0.2, 0) is 19.4 Å². The van der Waals surface area contributed by atoms with Gasteiger partial charge in [-0.25, -0.2) is 0 Å². The van der Waals surface area contributed by atoms with Crippen LogP contribution in [0.2, 0.25) is 4.22 Å². The Morgan fingerprint density at radius 1 is 1.08 bits per heavy atom. The Hall–Kier alpha value is 0.734. The fourth-order valence-electron chi connectivity index (χ4n) is 0.828. The topological polar surface area (TPSA) is 12.0 Å². The van der Waals surface area contributed by atoms with E-state index in [1.54, 1.807) is 0 Å². The van der Waals surface area contributed by atoms with Crippen LogP contribution >= 0.6 is 0 Å². The predicted molar refractivity (Wildman–Crippen MR) is 44.9 cm³/mol. The molecule has 0 aromatic rings. The molecule has 0 aliphatic heterocycles. The van der Waals surface area contributed by atoms with E-state index in [4.69, 9.17) is 0 Å². The van der Waals surface area contributed by atoms with Crippen molar-refractivity contribution in [3.05, 3.63) is 24.3 Å². The molecule has 0 aromatic heterocycles. The molecule has 0 fully saturated rings. The van der Waals surface area contributed by atoms with Crippen molar-refractivity contribution in [2.75, 3.05) is 0 Å². The van der Waals surface area contributed by atoms with E-state index in [0.717, 1.165) is 4.22 Å². The van der Waals surface area contributed by atoms with Crippen LogP contribution in [0.4, 0.5) is 0 Å². The summed E-state index contributed by atoms with van der Waals surface area (Å²) in [5.74, 6) is 0. The quantitative estimate of drug-likeness (QED) is 0.501. The van der Waals surface area contributed by atoms with Gasteiger partial charge in [0.15, 0.2) is 0 Å². The van der Waals surface area contributed by atoms with E-state index in [-0.39, 0.29) is 44.2 Å². The average molecular weight is 256 g/mol. The maximum atomic E-state index is 3.59. The van der Waals surface area contributed by atoms with Crippen molar-refractivity contribution in [1.29, 1.82) is 0 Å². The van der Waals surface area contributed by atoms with Gasteiger partial charge in [0.25, 0.3) is 0 Å². The van der Waals surface area contributed by atoms with Crippen molar-refractivity contribution in [1.82, 2.24) is 3.80 Å². The third-order valence-electron chi connectivity index (χ3n) is 1.36. The molecule has 0 bridgehead atoms. The molecule has 74 valence electrons. The fraction of sp³-hybridized carbons (Fsp3) is 0.556. The van der Waals surface area contributed by atoms with E-state index in [1.807, 2.05) is 0 Å². The van der Waals surface area contributed by atoms with Crippen LogP contribution in [0, 0.1) is 0 Å². The molecule has 0 amide bonds. The molecular weight excluding hydrogens is 241 g/mol. The van der Waals surface area contributed by atoms with Crippen molar-refractivity contribution < 1.29 is 44.2 Å². The molecular formula is C9H15Cl2NTi. The van der Waals surface area contributed by atoms with Crippen molar-refractivity contribution in [2.45, 2.75) is 30.5 Å². The number of halogens is 2. The first-order chi connectivity index (χ1) is 5.08. The molecule has 0 saturated carbocycles. The van der Waals surface area contributed by atoms with E-state index in [1.165, 1.54) is 0 Å². The largest absolute Gasteiger partial charge is 1.00 e. The maximum Gasteiger partial charge on any atom is -1.00 e. The van der Waals surface area contributed by atoms with Crippen molar-refractivity contribution in [3.63, 3.8) is 0 Å². The number of rotatable bonds is 2. The predicted octanol–water partition coefficient (Wildman–Crippen LogP) is -3.71. The van der Waals surface area contributed by atoms with Crippen LogP contribution in [0.15, 0.2) is 24.3 Å². The van der Waals surface area contributed by atoms with Crippen molar-refractivity contribution in [3.8, 4) is 0 Å². The second-order valence-corrected chi connectivity index (χ2v) is 5.70. The number of nitrogens with one attached hydrogen (secondary N) is 1. The van der Waals surface area contributed by atoms with Crippen LogP contribution in [0.3, 0.4) is 0 Å². The summed E-state index contributed by atoms with van der Waals surface area (Å²) in [6, 6.07) is 0. The molecule has 0 aromatic carbocycles. The van der Waals surface area contributed by atoms with Gasteiger partial charge in [-0.1, -0.05) is 0 Å². The van der Waals surface area contributed by atoms with Gasteiger partial charge in [0.2, 0.25) is 0 Å². The van der Waals surface area contributed by atoms with Gasteiger partial charge in [-0.3, -0.25) is 0 Å². The number of hydrogen-bond donors (Lipinski definition) is 1. The zero-order valence-electron chi connectivity index (χ0n) is 8.14. The summed E-state index contributed by atoms with van der Waals surface area (Å²) in [6.45, 7) is 6.66. The molecule has 0 unspecified atom stereocenters. The maximum absolute atomic E-state index is 3.59. The third kappa shape index (κ3) is 7.78. The van der Waals surface area contributed by atoms with E-state index in [2.05, 4.69) is 48.9 Å². The molecule has 13 heavy (non-hydrogen) atoms. The van der Waals surface area contributed by atoms with Gasteiger partial charge in [0, 0.05) is 0 Å². The minimum Gasteiger partial charge on any atom is -1.00 e. The zero-order valence-corrected chi connectivity index (χ0v) is 11.2. The summed E-state index contributed by atoms with van der Waals surface area (Å²) in [4.78, 5) is 0. The van der Waals surface area contributed by atoms with E-state index >= 15 is 0 Å². The molecule has 4 heteroatoms. The van der Waals surface area contributed by atoms with Crippen LogP contribution in [0.25, 0.3) is 0 Å². The Balaban J connectivity index is 0. The Morgan fingerprint density at radius 2 is 1.54 bits per heavy atom. The second kappa shape index (κ2) is 7.08. The van der Waals surface area contributed by atoms with E-state index in [9.17, 15) is 0 Å². The molecule has 0 radical (unpaired) electrons. The van der Waals surface area contributed by atoms with Gasteiger partial charge < -0.3 is 24.8 Å². The van der Waals surface area contributed by atoms with Crippen molar-refractivity contribution >= 4 is 0 Å². The molecule has 0 saturated heterocycles. The van der Waals surface area contributed by atoms with Crippen molar-refractivity contribution in [2.24, 2.45) is 0 Å². The van der Waals surface area contributed by atoms with Crippen LogP contribution < -0.4 is 28.6 Å². The summed E-state index contributed by atoms with van der Waals surface area (Å²) in [5.41, 5.74) is 0.296. The summed E-state index contributed by atoms with van der Waals surface area (Å²) < 4.78 is 4.32. The first-order valence-electron chi connectivity index (χ1n) is 3.96. The number of allylic oxidation sites excluding steroid dienone is 4. The standard InChI is InChI=1S/C5H5.C4H10N.2ClH.Ti/c1-2-4-5-3-1;1-4(2,3)5;;;/h1-5H;5H,1-3H3;2*1H;/q;-1;;;+3/p-2. The molecule has 1 aliphatic rings. The molecule has 0 atom stereocenters. The smallest absolute Gasteiger partial charge is 1.00 e. The van der Waals surface area contributed by atoms with Gasteiger partial charge in [-0.05, 0) is 0 Å². The normalized spacial score (nSPS) is 14.7. The molecule has 1 rings (SSSR count). The Kier molecular flexibility index (Phi) is 8.81. The minimum atomic E-state index is -0.0208. The van der Waals surface area contributed by atoms with Gasteiger partial charge in [-0.2, -0.15) is 0 Å². The summed E-state index contributed by atoms with van der Waals surface area (Å²) in [7, 11) is 0. The zero-order chi connectivity index (χ0) is 8.32. The summed E-state index contributed by atoms with van der Waals surface area (Å²) >= 11 is -0.0208. The summed E-state index contributed by atoms with van der Waals surface area (Å²) in [5, 5.41) is 0. The van der Waals surface area contributed by atoms with E-state index in [0.29, 0.717) is 5.54 Å². The molecule has 1 N–H and O–H groups in total. The first-order valence-corrected chi connectivity index (χ1v) is 5.64. The minimum absolute atomic E-state index is 0. The Bertz CT molecular complexity index is 173. The second-order valence-electron chi connectivity index (χ2n) is 3.81. The van der Waals surface area contributed by atoms with Gasteiger partial charge in [0.1, 0.15) is 0 Å². The van der Waals surface area contributed by atoms with Gasteiger partial charge >= 0.3 is 78.0 Å². The Morgan fingerprint density at radius 3 is 1.92 bits per heavy atom. The molecule has 1 nitrogen and oxygen atoms in total. The average Bonchev–Trinajstić information content (AvgIpc) is 2.32. The van der Waals surface area contributed by atoms with E-state index < -0.39 is 0 Å². The molecule has 0 heterocycles. The summed E-state index contributed by atoms with van der Waals surface area (Å²) in [6.07, 6.45) is 8.83. The number of hydrogen-bond acceptors (Lipinski definition) is 1. The third-order valence-corrected chi connectivity index (χ3v) is 3.88. The SMILES string of the molecule is CC(C)(C)[NH][Ti+2][CH]1C=CC=C1.[Cl-].[Cl-]. The monoisotopic (exact) mass is 255 g/mol. The van der Waals surface area contributed by atoms with Crippen LogP contribution in [-0.4, -0.2) is 5.54 Å². The van der Waals surface area contributed by atoms with Crippen LogP contribution in [0.1, 0.15) is 20.8 Å².